The van der Waals surface area contributed by atoms with Crippen LogP contribution in [0.1, 0.15) is 41.7 Å². The smallest absolute Gasteiger partial charge is 0.135 e. The zero-order valence-electron chi connectivity index (χ0n) is 10.1. The summed E-state index contributed by atoms with van der Waals surface area (Å²) >= 11 is 7.61. The summed E-state index contributed by atoms with van der Waals surface area (Å²) in [5.74, 6) is 0. The van der Waals surface area contributed by atoms with Gasteiger partial charge in [-0.15, -0.1) is 21.8 Å². The number of nitrogens with zero attached hydrogens (tertiary/aromatic N) is 2. The highest BCUT2D eigenvalue weighted by Crippen LogP contribution is 2.35. The van der Waals surface area contributed by atoms with Gasteiger partial charge in [0.2, 0.25) is 0 Å². The van der Waals surface area contributed by atoms with Gasteiger partial charge in [-0.25, -0.2) is 0 Å². The Morgan fingerprint density at radius 2 is 1.82 bits per heavy atom. The van der Waals surface area contributed by atoms with Gasteiger partial charge in [-0.2, -0.15) is 0 Å². The van der Waals surface area contributed by atoms with Crippen LogP contribution in [0.25, 0.3) is 0 Å². The van der Waals surface area contributed by atoms with E-state index in [-0.39, 0.29) is 10.8 Å². The lowest BCUT2D eigenvalue weighted by atomic mass is 9.85. The van der Waals surface area contributed by atoms with Gasteiger partial charge in [0.25, 0.3) is 0 Å². The van der Waals surface area contributed by atoms with E-state index in [0.717, 1.165) is 10.0 Å². The van der Waals surface area contributed by atoms with Crippen LogP contribution in [0.15, 0.2) is 30.3 Å². The molecule has 2 aromatic rings. The molecule has 0 aliphatic heterocycles. The standard InChI is InChI=1S/C13H15ClN2S/c1-9(14)11-15-16-12(17-11)13(2,3)10-7-5-4-6-8-10/h4-9H,1-3H3. The van der Waals surface area contributed by atoms with Crippen molar-refractivity contribution in [2.75, 3.05) is 0 Å². The molecule has 1 unspecified atom stereocenters. The minimum atomic E-state index is -0.122. The number of halogens is 1. The lowest BCUT2D eigenvalue weighted by Crippen LogP contribution is -2.18. The monoisotopic (exact) mass is 266 g/mol. The molecular weight excluding hydrogens is 252 g/mol. The molecule has 90 valence electrons. The fourth-order valence-corrected chi connectivity index (χ4v) is 2.70. The summed E-state index contributed by atoms with van der Waals surface area (Å²) in [4.78, 5) is 0. The largest absolute Gasteiger partial charge is 0.143 e. The second kappa shape index (κ2) is 4.75. The first kappa shape index (κ1) is 12.5. The van der Waals surface area contributed by atoms with Crippen LogP contribution >= 0.6 is 22.9 Å². The Balaban J connectivity index is 2.37. The predicted molar refractivity (Wildman–Crippen MR) is 72.7 cm³/mol. The second-order valence-corrected chi connectivity index (χ2v) is 6.22. The zero-order valence-corrected chi connectivity index (χ0v) is 11.7. The number of hydrogen-bond donors (Lipinski definition) is 0. The summed E-state index contributed by atoms with van der Waals surface area (Å²) in [5, 5.41) is 10.2. The second-order valence-electron chi connectivity index (χ2n) is 4.55. The van der Waals surface area contributed by atoms with Crippen LogP contribution < -0.4 is 0 Å². The van der Waals surface area contributed by atoms with Crippen LogP contribution in [-0.4, -0.2) is 10.2 Å². The van der Waals surface area contributed by atoms with E-state index in [4.69, 9.17) is 11.6 Å². The van der Waals surface area contributed by atoms with Crippen LogP contribution in [-0.2, 0) is 5.41 Å². The molecule has 2 nitrogen and oxygen atoms in total. The first-order valence-corrected chi connectivity index (χ1v) is 6.80. The fourth-order valence-electron chi connectivity index (χ4n) is 1.63. The molecule has 1 aromatic heterocycles. The van der Waals surface area contributed by atoms with Gasteiger partial charge in [-0.05, 0) is 26.3 Å². The van der Waals surface area contributed by atoms with E-state index in [2.05, 4.69) is 36.2 Å². The Morgan fingerprint density at radius 1 is 1.18 bits per heavy atom. The van der Waals surface area contributed by atoms with Crippen LogP contribution in [0, 0.1) is 0 Å². The van der Waals surface area contributed by atoms with E-state index in [1.54, 1.807) is 11.3 Å². The van der Waals surface area contributed by atoms with Crippen LogP contribution in [0.5, 0.6) is 0 Å². The Morgan fingerprint density at radius 3 is 2.35 bits per heavy atom. The van der Waals surface area contributed by atoms with E-state index >= 15 is 0 Å². The Hall–Kier alpha value is -0.930. The SMILES string of the molecule is CC(Cl)c1nnc(C(C)(C)c2ccccc2)s1. The van der Waals surface area contributed by atoms with Gasteiger partial charge in [0.1, 0.15) is 10.0 Å². The van der Waals surface area contributed by atoms with Crippen LogP contribution in [0.3, 0.4) is 0 Å². The average molecular weight is 267 g/mol. The third-order valence-corrected chi connectivity index (χ3v) is 4.58. The van der Waals surface area contributed by atoms with Gasteiger partial charge in [0, 0.05) is 5.41 Å². The lowest BCUT2D eigenvalue weighted by Gasteiger charge is -2.21. The number of aromatic nitrogens is 2. The normalized spacial score (nSPS) is 13.6. The van der Waals surface area contributed by atoms with Crippen molar-refractivity contribution in [3.05, 3.63) is 45.9 Å². The van der Waals surface area contributed by atoms with Crippen LogP contribution in [0.4, 0.5) is 0 Å². The number of rotatable bonds is 3. The van der Waals surface area contributed by atoms with Crippen molar-refractivity contribution in [1.29, 1.82) is 0 Å². The fraction of sp³-hybridized carbons (Fsp3) is 0.385. The van der Waals surface area contributed by atoms with Crippen molar-refractivity contribution in [3.63, 3.8) is 0 Å². The van der Waals surface area contributed by atoms with Gasteiger partial charge in [-0.3, -0.25) is 0 Å². The third kappa shape index (κ3) is 2.50. The van der Waals surface area contributed by atoms with Crippen molar-refractivity contribution >= 4 is 22.9 Å². The van der Waals surface area contributed by atoms with E-state index in [1.807, 2.05) is 25.1 Å². The maximum Gasteiger partial charge on any atom is 0.135 e. The molecule has 17 heavy (non-hydrogen) atoms. The molecule has 0 aliphatic carbocycles. The van der Waals surface area contributed by atoms with Gasteiger partial charge < -0.3 is 0 Å². The zero-order chi connectivity index (χ0) is 12.5. The highest BCUT2D eigenvalue weighted by atomic mass is 35.5. The van der Waals surface area contributed by atoms with Crippen molar-refractivity contribution in [1.82, 2.24) is 10.2 Å². The van der Waals surface area contributed by atoms with E-state index in [1.165, 1.54) is 5.56 Å². The minimum Gasteiger partial charge on any atom is -0.143 e. The van der Waals surface area contributed by atoms with Crippen molar-refractivity contribution in [2.45, 2.75) is 31.6 Å². The highest BCUT2D eigenvalue weighted by molar-refractivity contribution is 7.11. The molecule has 1 heterocycles. The summed E-state index contributed by atoms with van der Waals surface area (Å²) in [6.07, 6.45) is 0. The first-order chi connectivity index (χ1) is 8.01. The summed E-state index contributed by atoms with van der Waals surface area (Å²) in [5.41, 5.74) is 1.12. The highest BCUT2D eigenvalue weighted by Gasteiger charge is 2.27. The molecule has 0 bridgehead atoms. The Labute approximate surface area is 111 Å². The van der Waals surface area contributed by atoms with Crippen molar-refractivity contribution in [3.8, 4) is 0 Å². The van der Waals surface area contributed by atoms with Gasteiger partial charge in [0.05, 0.1) is 5.38 Å². The topological polar surface area (TPSA) is 25.8 Å². The quantitative estimate of drug-likeness (QED) is 0.780. The molecule has 0 fully saturated rings. The molecule has 0 saturated heterocycles. The molecule has 0 N–H and O–H groups in total. The molecule has 4 heteroatoms. The van der Waals surface area contributed by atoms with Crippen LogP contribution in [0.2, 0.25) is 0 Å². The molecule has 0 spiro atoms. The summed E-state index contributed by atoms with van der Waals surface area (Å²) in [6, 6.07) is 10.3. The van der Waals surface area contributed by atoms with Crippen molar-refractivity contribution in [2.24, 2.45) is 0 Å². The minimum absolute atomic E-state index is 0.0761. The van der Waals surface area contributed by atoms with Gasteiger partial charge >= 0.3 is 0 Å². The Kier molecular flexibility index (Phi) is 3.50. The number of benzene rings is 1. The molecule has 2 rings (SSSR count). The van der Waals surface area contributed by atoms with E-state index in [9.17, 15) is 0 Å². The molecular formula is C13H15ClN2S. The lowest BCUT2D eigenvalue weighted by molar-refractivity contribution is 0.625. The molecule has 0 radical (unpaired) electrons. The van der Waals surface area contributed by atoms with Gasteiger partial charge in [0.15, 0.2) is 0 Å². The van der Waals surface area contributed by atoms with Gasteiger partial charge in [-0.1, -0.05) is 41.7 Å². The Bertz CT molecular complexity index is 491. The summed E-state index contributed by atoms with van der Waals surface area (Å²) in [7, 11) is 0. The summed E-state index contributed by atoms with van der Waals surface area (Å²) < 4.78 is 0. The van der Waals surface area contributed by atoms with Crippen molar-refractivity contribution < 1.29 is 0 Å². The summed E-state index contributed by atoms with van der Waals surface area (Å²) in [6.45, 7) is 6.23. The molecule has 0 aliphatic rings. The number of alkyl halides is 1. The van der Waals surface area contributed by atoms with E-state index in [0.29, 0.717) is 0 Å². The first-order valence-electron chi connectivity index (χ1n) is 5.55. The molecule has 0 amide bonds. The van der Waals surface area contributed by atoms with E-state index < -0.39 is 0 Å². The molecule has 1 aromatic carbocycles. The third-order valence-electron chi connectivity index (χ3n) is 2.81. The number of hydrogen-bond acceptors (Lipinski definition) is 3. The predicted octanol–water partition coefficient (Wildman–Crippen LogP) is 4.16. The maximum absolute atomic E-state index is 6.02. The molecule has 0 saturated carbocycles. The maximum atomic E-state index is 6.02. The average Bonchev–Trinajstić information content (AvgIpc) is 2.80. The molecule has 1 atom stereocenters.